The van der Waals surface area contributed by atoms with Crippen LogP contribution in [-0.4, -0.2) is 15.0 Å². The molecule has 49 heavy (non-hydrogen) atoms. The van der Waals surface area contributed by atoms with Crippen molar-refractivity contribution < 1.29 is 4.42 Å². The summed E-state index contributed by atoms with van der Waals surface area (Å²) in [4.78, 5) is 14.4. The molecule has 0 spiro atoms. The minimum Gasteiger partial charge on any atom is -0.456 e. The Morgan fingerprint density at radius 1 is 0.388 bits per heavy atom. The minimum atomic E-state index is 0.743. The van der Waals surface area contributed by atoms with Gasteiger partial charge in [0.25, 0.3) is 0 Å². The van der Waals surface area contributed by atoms with E-state index < -0.39 is 0 Å². The fourth-order valence-electron chi connectivity index (χ4n) is 6.72. The van der Waals surface area contributed by atoms with E-state index in [0.717, 1.165) is 93.1 Å². The van der Waals surface area contributed by atoms with Crippen molar-refractivity contribution in [2.45, 2.75) is 0 Å². The van der Waals surface area contributed by atoms with Crippen LogP contribution in [0.1, 0.15) is 22.8 Å². The Hall–Kier alpha value is -5.79. The van der Waals surface area contributed by atoms with Gasteiger partial charge in [-0.05, 0) is 106 Å². The molecule has 8 bridgehead atoms. The molecule has 2 aliphatic rings. The van der Waals surface area contributed by atoms with Crippen molar-refractivity contribution in [1.29, 1.82) is 0 Å². The van der Waals surface area contributed by atoms with Gasteiger partial charge in [-0.2, -0.15) is 0 Å². The predicted molar refractivity (Wildman–Crippen MR) is 211 cm³/mol. The summed E-state index contributed by atoms with van der Waals surface area (Å²) in [7, 11) is 0. The van der Waals surface area contributed by atoms with Crippen LogP contribution in [-0.2, 0) is 0 Å². The number of H-pyrrole nitrogens is 1. The first kappa shape index (κ1) is 29.4. The van der Waals surface area contributed by atoms with E-state index >= 15 is 0 Å². The van der Waals surface area contributed by atoms with Gasteiger partial charge >= 0.3 is 0 Å². The Balaban J connectivity index is 1.48. The standard InChI is InChI=1S/C44H28IN3O/c45-32-18-16-31(17-19-32)44-38-25-23-36(48-38)42(29-12-6-2-7-13-29)34-21-20-33(46-34)41(28-10-4-1-5-11-28)35-22-24-37(47-35)43(30-14-8-3-9-15-30)39-26-27-40(44)49-39/h1-27,46H. The second kappa shape index (κ2) is 12.3. The first-order valence-electron chi connectivity index (χ1n) is 16.2. The molecule has 2 aliphatic heterocycles. The second-order valence-electron chi connectivity index (χ2n) is 12.0. The van der Waals surface area contributed by atoms with E-state index in [2.05, 4.69) is 173 Å². The zero-order valence-electron chi connectivity index (χ0n) is 26.3. The molecule has 0 saturated heterocycles. The normalized spacial score (nSPS) is 12.0. The number of rotatable bonds is 4. The van der Waals surface area contributed by atoms with Gasteiger partial charge in [0.2, 0.25) is 0 Å². The van der Waals surface area contributed by atoms with Gasteiger partial charge in [-0.1, -0.05) is 103 Å². The van der Waals surface area contributed by atoms with Crippen molar-refractivity contribution in [3.05, 3.63) is 166 Å². The predicted octanol–water partition coefficient (Wildman–Crippen LogP) is 12.2. The maximum Gasteiger partial charge on any atom is 0.137 e. The fraction of sp³-hybridized carbons (Fsp3) is 0. The quantitative estimate of drug-likeness (QED) is 0.183. The Morgan fingerprint density at radius 3 is 1.18 bits per heavy atom. The number of fused-ring (bicyclic) bond motifs is 8. The van der Waals surface area contributed by atoms with E-state index in [1.165, 1.54) is 0 Å². The highest BCUT2D eigenvalue weighted by Crippen LogP contribution is 2.39. The van der Waals surface area contributed by atoms with Crippen molar-refractivity contribution in [3.8, 4) is 44.5 Å². The summed E-state index contributed by atoms with van der Waals surface area (Å²) in [5, 5.41) is 0. The summed E-state index contributed by atoms with van der Waals surface area (Å²) >= 11 is 2.34. The zero-order valence-corrected chi connectivity index (χ0v) is 28.4. The number of hydrogen-bond donors (Lipinski definition) is 1. The number of benzene rings is 4. The lowest BCUT2D eigenvalue weighted by Crippen LogP contribution is -1.88. The molecular formula is C44H28IN3O. The monoisotopic (exact) mass is 741 g/mol. The van der Waals surface area contributed by atoms with E-state index in [1.807, 2.05) is 18.2 Å². The lowest BCUT2D eigenvalue weighted by Gasteiger charge is -2.06. The van der Waals surface area contributed by atoms with E-state index in [0.29, 0.717) is 0 Å². The number of furan rings is 1. The van der Waals surface area contributed by atoms with Crippen LogP contribution >= 0.6 is 22.6 Å². The summed E-state index contributed by atoms with van der Waals surface area (Å²) in [6, 6.07) is 48.2. The van der Waals surface area contributed by atoms with E-state index in [1.54, 1.807) is 0 Å². The maximum absolute atomic E-state index is 6.85. The molecule has 5 heterocycles. The van der Waals surface area contributed by atoms with Crippen LogP contribution in [0.3, 0.4) is 0 Å². The van der Waals surface area contributed by atoms with Gasteiger partial charge < -0.3 is 9.40 Å². The Bertz CT molecular complexity index is 2540. The van der Waals surface area contributed by atoms with Crippen LogP contribution < -0.4 is 0 Å². The highest BCUT2D eigenvalue weighted by Gasteiger charge is 2.19. The molecule has 0 amide bonds. The van der Waals surface area contributed by atoms with Crippen LogP contribution in [0.2, 0.25) is 0 Å². The Kier molecular flexibility index (Phi) is 7.39. The van der Waals surface area contributed by atoms with Gasteiger partial charge in [-0.3, -0.25) is 0 Å². The summed E-state index contributed by atoms with van der Waals surface area (Å²) in [6.45, 7) is 0. The van der Waals surface area contributed by atoms with E-state index in [9.17, 15) is 0 Å². The van der Waals surface area contributed by atoms with Crippen LogP contribution in [0.25, 0.3) is 91.0 Å². The van der Waals surface area contributed by atoms with Gasteiger partial charge in [0.15, 0.2) is 0 Å². The van der Waals surface area contributed by atoms with Gasteiger partial charge in [0.05, 0.1) is 33.9 Å². The van der Waals surface area contributed by atoms with Crippen molar-refractivity contribution in [3.63, 3.8) is 0 Å². The highest BCUT2D eigenvalue weighted by molar-refractivity contribution is 14.1. The first-order valence-corrected chi connectivity index (χ1v) is 17.3. The lowest BCUT2D eigenvalue weighted by atomic mass is 10.0. The lowest BCUT2D eigenvalue weighted by molar-refractivity contribution is 0.667. The highest BCUT2D eigenvalue weighted by atomic mass is 127. The number of aromatic amines is 1. The number of nitrogens with zero attached hydrogens (tertiary/aromatic N) is 2. The molecule has 1 N–H and O–H groups in total. The SMILES string of the molecule is Ic1ccc(-c2c3nc(c(-c4ccccc4)c4ccc([nH]4)c(-c4ccccc4)c4nc(c(-c5ccccc5)c5ccc2o5)C=C4)C=C3)cc1. The van der Waals surface area contributed by atoms with Gasteiger partial charge in [0, 0.05) is 25.7 Å². The molecule has 0 aliphatic carbocycles. The van der Waals surface area contributed by atoms with Gasteiger partial charge in [-0.25, -0.2) is 9.97 Å². The van der Waals surface area contributed by atoms with E-state index in [-0.39, 0.29) is 0 Å². The molecule has 232 valence electrons. The second-order valence-corrected chi connectivity index (χ2v) is 13.2. The van der Waals surface area contributed by atoms with Crippen LogP contribution in [0.15, 0.2) is 144 Å². The molecule has 9 rings (SSSR count). The van der Waals surface area contributed by atoms with Crippen LogP contribution in [0, 0.1) is 3.57 Å². The van der Waals surface area contributed by atoms with Crippen molar-refractivity contribution in [2.24, 2.45) is 0 Å². The Labute approximate surface area is 297 Å². The van der Waals surface area contributed by atoms with Gasteiger partial charge in [0.1, 0.15) is 11.2 Å². The summed E-state index contributed by atoms with van der Waals surface area (Å²) < 4.78 is 8.02. The van der Waals surface area contributed by atoms with Crippen LogP contribution in [0.5, 0.6) is 0 Å². The third kappa shape index (κ3) is 5.42. The largest absolute Gasteiger partial charge is 0.456 e. The molecule has 0 atom stereocenters. The third-order valence-corrected chi connectivity index (χ3v) is 9.67. The van der Waals surface area contributed by atoms with E-state index in [4.69, 9.17) is 14.4 Å². The topological polar surface area (TPSA) is 54.7 Å². The van der Waals surface area contributed by atoms with Crippen molar-refractivity contribution in [1.82, 2.24) is 15.0 Å². The number of aromatic nitrogens is 3. The molecule has 0 saturated carbocycles. The molecule has 4 nitrogen and oxygen atoms in total. The molecule has 5 heteroatoms. The molecule has 4 aromatic carbocycles. The van der Waals surface area contributed by atoms with Gasteiger partial charge in [-0.15, -0.1) is 0 Å². The fourth-order valence-corrected chi connectivity index (χ4v) is 7.08. The third-order valence-electron chi connectivity index (χ3n) is 8.95. The number of hydrogen-bond acceptors (Lipinski definition) is 3. The molecule has 0 fully saturated rings. The van der Waals surface area contributed by atoms with Crippen molar-refractivity contribution in [2.75, 3.05) is 0 Å². The molecule has 7 aromatic rings. The average Bonchev–Trinajstić information content (AvgIpc) is 3.98. The first-order chi connectivity index (χ1) is 24.2. The molecular weight excluding hydrogens is 713 g/mol. The molecule has 3 aromatic heterocycles. The Morgan fingerprint density at radius 2 is 0.755 bits per heavy atom. The smallest absolute Gasteiger partial charge is 0.137 e. The summed E-state index contributed by atoms with van der Waals surface area (Å²) in [5.41, 5.74) is 15.0. The summed E-state index contributed by atoms with van der Waals surface area (Å²) in [5.74, 6) is 0. The minimum absolute atomic E-state index is 0.743. The van der Waals surface area contributed by atoms with Crippen molar-refractivity contribution >= 4 is 69.1 Å². The zero-order chi connectivity index (χ0) is 32.7. The average molecular weight is 742 g/mol. The number of halogens is 1. The molecule has 0 radical (unpaired) electrons. The van der Waals surface area contributed by atoms with Crippen LogP contribution in [0.4, 0.5) is 0 Å². The molecule has 0 unspecified atom stereocenters. The number of nitrogens with one attached hydrogen (secondary N) is 1. The maximum atomic E-state index is 6.85. The summed E-state index contributed by atoms with van der Waals surface area (Å²) in [6.07, 6.45) is 8.42.